The zero-order chi connectivity index (χ0) is 17.4. The molecule has 0 unspecified atom stereocenters. The van der Waals surface area contributed by atoms with Crippen molar-refractivity contribution in [2.75, 3.05) is 6.26 Å². The lowest BCUT2D eigenvalue weighted by atomic mass is 10.1. The van der Waals surface area contributed by atoms with Gasteiger partial charge < -0.3 is 9.84 Å². The number of hydrogen-bond acceptors (Lipinski definition) is 4. The van der Waals surface area contributed by atoms with Crippen molar-refractivity contribution in [2.45, 2.75) is 11.8 Å². The van der Waals surface area contributed by atoms with Crippen molar-refractivity contribution in [3.05, 3.63) is 53.1 Å². The molecule has 0 aliphatic heterocycles. The van der Waals surface area contributed by atoms with Gasteiger partial charge in [-0.25, -0.2) is 22.0 Å². The molecule has 0 aromatic heterocycles. The van der Waals surface area contributed by atoms with Gasteiger partial charge in [-0.1, -0.05) is 0 Å². The van der Waals surface area contributed by atoms with Crippen molar-refractivity contribution in [1.29, 1.82) is 0 Å². The quantitative estimate of drug-likeness (QED) is 0.923. The molecule has 2 aromatic rings. The monoisotopic (exact) mass is 342 g/mol. The molecule has 122 valence electrons. The van der Waals surface area contributed by atoms with Crippen LogP contribution in [0.15, 0.2) is 35.2 Å². The van der Waals surface area contributed by atoms with Crippen molar-refractivity contribution < 1.29 is 31.8 Å². The molecule has 2 aromatic carbocycles. The third-order valence-corrected chi connectivity index (χ3v) is 4.15. The van der Waals surface area contributed by atoms with Crippen LogP contribution >= 0.6 is 0 Å². The number of halogens is 2. The Kier molecular flexibility index (Phi) is 4.37. The van der Waals surface area contributed by atoms with E-state index in [2.05, 4.69) is 0 Å². The Morgan fingerprint density at radius 1 is 1.13 bits per heavy atom. The van der Waals surface area contributed by atoms with Crippen LogP contribution in [0, 0.1) is 18.6 Å². The molecule has 0 saturated carbocycles. The maximum Gasteiger partial charge on any atom is 0.335 e. The number of carboxylic acids is 1. The van der Waals surface area contributed by atoms with Gasteiger partial charge in [-0.2, -0.15) is 0 Å². The Balaban J connectivity index is 2.61. The Morgan fingerprint density at radius 3 is 2.30 bits per heavy atom. The van der Waals surface area contributed by atoms with E-state index in [9.17, 15) is 22.0 Å². The lowest BCUT2D eigenvalue weighted by Gasteiger charge is -2.13. The van der Waals surface area contributed by atoms with Gasteiger partial charge in [-0.3, -0.25) is 0 Å². The third-order valence-electron chi connectivity index (χ3n) is 3.03. The average molecular weight is 342 g/mol. The van der Waals surface area contributed by atoms with E-state index in [1.807, 2.05) is 0 Å². The van der Waals surface area contributed by atoms with E-state index in [1.165, 1.54) is 13.0 Å². The van der Waals surface area contributed by atoms with Gasteiger partial charge in [0.2, 0.25) is 0 Å². The number of rotatable bonds is 4. The second-order valence-corrected chi connectivity index (χ2v) is 6.85. The van der Waals surface area contributed by atoms with Crippen LogP contribution in [0.3, 0.4) is 0 Å². The van der Waals surface area contributed by atoms with E-state index in [0.29, 0.717) is 6.07 Å². The SMILES string of the molecule is Cc1cc(Oc2ccc(F)cc2F)c(S(C)(=O)=O)cc1C(=O)O. The number of aryl methyl sites for hydroxylation is 1. The molecule has 23 heavy (non-hydrogen) atoms. The van der Waals surface area contributed by atoms with Gasteiger partial charge in [0.15, 0.2) is 21.4 Å². The van der Waals surface area contributed by atoms with E-state index in [0.717, 1.165) is 24.5 Å². The maximum absolute atomic E-state index is 13.7. The van der Waals surface area contributed by atoms with E-state index < -0.39 is 32.3 Å². The summed E-state index contributed by atoms with van der Waals surface area (Å²) in [5.74, 6) is -3.73. The third kappa shape index (κ3) is 3.65. The summed E-state index contributed by atoms with van der Waals surface area (Å²) in [5, 5.41) is 9.07. The molecular formula is C15H12F2O5S. The molecule has 1 N–H and O–H groups in total. The molecule has 0 spiro atoms. The summed E-state index contributed by atoms with van der Waals surface area (Å²) in [6, 6.07) is 4.69. The molecule has 5 nitrogen and oxygen atoms in total. The molecule has 0 amide bonds. The van der Waals surface area contributed by atoms with Crippen LogP contribution in [-0.4, -0.2) is 25.7 Å². The number of ether oxygens (including phenoxy) is 1. The number of hydrogen-bond donors (Lipinski definition) is 1. The van der Waals surface area contributed by atoms with Gasteiger partial charge in [0.1, 0.15) is 16.5 Å². The summed E-state index contributed by atoms with van der Waals surface area (Å²) in [6.45, 7) is 1.45. The Hall–Kier alpha value is -2.48. The fourth-order valence-corrected chi connectivity index (χ4v) is 2.74. The number of benzene rings is 2. The molecule has 0 saturated heterocycles. The summed E-state index contributed by atoms with van der Waals surface area (Å²) in [7, 11) is -3.83. The molecular weight excluding hydrogens is 330 g/mol. The van der Waals surface area contributed by atoms with E-state index in [-0.39, 0.29) is 22.6 Å². The number of aromatic carboxylic acids is 1. The molecule has 0 bridgehead atoms. The van der Waals surface area contributed by atoms with Gasteiger partial charge >= 0.3 is 5.97 Å². The predicted molar refractivity (Wildman–Crippen MR) is 77.7 cm³/mol. The highest BCUT2D eigenvalue weighted by Gasteiger charge is 2.21. The topological polar surface area (TPSA) is 80.7 Å². The smallest absolute Gasteiger partial charge is 0.335 e. The normalized spacial score (nSPS) is 11.3. The second-order valence-electron chi connectivity index (χ2n) is 4.87. The van der Waals surface area contributed by atoms with E-state index >= 15 is 0 Å². The van der Waals surface area contributed by atoms with Gasteiger partial charge in [-0.15, -0.1) is 0 Å². The maximum atomic E-state index is 13.7. The lowest BCUT2D eigenvalue weighted by molar-refractivity contribution is 0.0696. The van der Waals surface area contributed by atoms with Crippen LogP contribution in [0.25, 0.3) is 0 Å². The highest BCUT2D eigenvalue weighted by Crippen LogP contribution is 2.33. The minimum atomic E-state index is -3.83. The average Bonchev–Trinajstić information content (AvgIpc) is 2.40. The Bertz CT molecular complexity index is 891. The van der Waals surface area contributed by atoms with E-state index in [4.69, 9.17) is 9.84 Å². The zero-order valence-corrected chi connectivity index (χ0v) is 12.9. The molecule has 2 rings (SSSR count). The molecule has 0 fully saturated rings. The van der Waals surface area contributed by atoms with Crippen LogP contribution in [0.1, 0.15) is 15.9 Å². The summed E-state index contributed by atoms with van der Waals surface area (Å²) < 4.78 is 55.5. The van der Waals surface area contributed by atoms with Crippen LogP contribution < -0.4 is 4.74 Å². The van der Waals surface area contributed by atoms with Gasteiger partial charge in [0.05, 0.1) is 5.56 Å². The molecule has 0 radical (unpaired) electrons. The Morgan fingerprint density at radius 2 is 1.78 bits per heavy atom. The van der Waals surface area contributed by atoms with Crippen molar-refractivity contribution in [1.82, 2.24) is 0 Å². The summed E-state index contributed by atoms with van der Waals surface area (Å²) in [4.78, 5) is 10.7. The molecule has 0 heterocycles. The van der Waals surface area contributed by atoms with Gasteiger partial charge in [0, 0.05) is 12.3 Å². The van der Waals surface area contributed by atoms with Gasteiger partial charge in [0.25, 0.3) is 0 Å². The highest BCUT2D eigenvalue weighted by atomic mass is 32.2. The summed E-state index contributed by atoms with van der Waals surface area (Å²) in [6.07, 6.45) is 0.872. The van der Waals surface area contributed by atoms with Crippen LogP contribution in [0.2, 0.25) is 0 Å². The molecule has 0 atom stereocenters. The van der Waals surface area contributed by atoms with Gasteiger partial charge in [-0.05, 0) is 36.8 Å². The van der Waals surface area contributed by atoms with Crippen LogP contribution in [0.4, 0.5) is 8.78 Å². The minimum absolute atomic E-state index is 0.211. The molecule has 8 heteroatoms. The first-order valence-electron chi connectivity index (χ1n) is 6.30. The standard InChI is InChI=1S/C15H12F2O5S/c1-8-5-13(22-12-4-3-9(16)6-11(12)17)14(23(2,20)21)7-10(8)15(18)19/h3-7H,1-2H3,(H,18,19). The minimum Gasteiger partial charge on any atom is -0.478 e. The summed E-state index contributed by atoms with van der Waals surface area (Å²) in [5.41, 5.74) is 0.0276. The first kappa shape index (κ1) is 16.9. The van der Waals surface area contributed by atoms with Crippen molar-refractivity contribution in [2.24, 2.45) is 0 Å². The first-order valence-corrected chi connectivity index (χ1v) is 8.19. The Labute approximate surface area is 131 Å². The lowest BCUT2D eigenvalue weighted by Crippen LogP contribution is -2.07. The number of carbonyl (C=O) groups is 1. The van der Waals surface area contributed by atoms with Crippen molar-refractivity contribution in [3.63, 3.8) is 0 Å². The second kappa shape index (κ2) is 5.96. The summed E-state index contributed by atoms with van der Waals surface area (Å²) >= 11 is 0. The fraction of sp³-hybridized carbons (Fsp3) is 0.133. The molecule has 0 aliphatic rings. The van der Waals surface area contributed by atoms with Crippen LogP contribution in [-0.2, 0) is 9.84 Å². The number of sulfone groups is 1. The highest BCUT2D eigenvalue weighted by molar-refractivity contribution is 7.90. The predicted octanol–water partition coefficient (Wildman–Crippen LogP) is 3.17. The van der Waals surface area contributed by atoms with Crippen LogP contribution in [0.5, 0.6) is 11.5 Å². The van der Waals surface area contributed by atoms with E-state index in [1.54, 1.807) is 0 Å². The molecule has 0 aliphatic carbocycles. The first-order chi connectivity index (χ1) is 10.6. The fourth-order valence-electron chi connectivity index (χ4n) is 1.94. The number of carboxylic acid groups (broad SMARTS) is 1. The zero-order valence-electron chi connectivity index (χ0n) is 12.1. The van der Waals surface area contributed by atoms with Crippen molar-refractivity contribution in [3.8, 4) is 11.5 Å². The van der Waals surface area contributed by atoms with Crippen molar-refractivity contribution >= 4 is 15.8 Å². The largest absolute Gasteiger partial charge is 0.478 e.